The molecular formula is C14H20N4O2. The monoisotopic (exact) mass is 276 g/mol. The number of hydrogen-bond donors (Lipinski definition) is 3. The third kappa shape index (κ3) is 3.27. The molecule has 0 spiro atoms. The Bertz CT molecular complexity index is 486. The number of benzene rings is 1. The van der Waals surface area contributed by atoms with Crippen LogP contribution in [0, 0.1) is 5.92 Å². The third-order valence-electron chi connectivity index (χ3n) is 3.26. The van der Waals surface area contributed by atoms with E-state index in [9.17, 15) is 9.59 Å². The van der Waals surface area contributed by atoms with E-state index in [1.807, 2.05) is 38.2 Å². The van der Waals surface area contributed by atoms with E-state index in [0.29, 0.717) is 19.6 Å². The summed E-state index contributed by atoms with van der Waals surface area (Å²) in [6, 6.07) is 7.21. The summed E-state index contributed by atoms with van der Waals surface area (Å²) in [6.07, 6.45) is 0. The maximum absolute atomic E-state index is 11.9. The average molecular weight is 276 g/mol. The SMILES string of the molecule is CNCC(C)C(=O)Nc1ccc(N2CCNC2=O)cc1. The van der Waals surface area contributed by atoms with Gasteiger partial charge in [-0.2, -0.15) is 0 Å². The van der Waals surface area contributed by atoms with Crippen LogP contribution >= 0.6 is 0 Å². The van der Waals surface area contributed by atoms with Gasteiger partial charge in [0.05, 0.1) is 0 Å². The molecule has 0 aliphatic carbocycles. The van der Waals surface area contributed by atoms with E-state index < -0.39 is 0 Å². The average Bonchev–Trinajstić information content (AvgIpc) is 2.86. The lowest BCUT2D eigenvalue weighted by atomic mass is 10.1. The highest BCUT2D eigenvalue weighted by atomic mass is 16.2. The zero-order chi connectivity index (χ0) is 14.5. The second kappa shape index (κ2) is 6.38. The molecule has 1 aromatic rings. The molecule has 20 heavy (non-hydrogen) atoms. The van der Waals surface area contributed by atoms with Crippen molar-refractivity contribution in [3.8, 4) is 0 Å². The number of rotatable bonds is 5. The zero-order valence-electron chi connectivity index (χ0n) is 11.8. The zero-order valence-corrected chi connectivity index (χ0v) is 11.8. The van der Waals surface area contributed by atoms with Crippen molar-refractivity contribution in [2.75, 3.05) is 36.9 Å². The smallest absolute Gasteiger partial charge is 0.321 e. The minimum absolute atomic E-state index is 0.0222. The van der Waals surface area contributed by atoms with Crippen LogP contribution in [0.15, 0.2) is 24.3 Å². The van der Waals surface area contributed by atoms with Gasteiger partial charge in [-0.05, 0) is 31.3 Å². The van der Waals surface area contributed by atoms with Crippen molar-refractivity contribution in [2.45, 2.75) is 6.92 Å². The van der Waals surface area contributed by atoms with Crippen LogP contribution in [0.1, 0.15) is 6.92 Å². The molecule has 3 N–H and O–H groups in total. The van der Waals surface area contributed by atoms with Crippen molar-refractivity contribution < 1.29 is 9.59 Å². The molecule has 6 heteroatoms. The first-order chi connectivity index (χ1) is 9.61. The Hall–Kier alpha value is -2.08. The molecule has 1 saturated heterocycles. The highest BCUT2D eigenvalue weighted by molar-refractivity contribution is 5.95. The lowest BCUT2D eigenvalue weighted by Crippen LogP contribution is -2.29. The molecule has 0 radical (unpaired) electrons. The number of nitrogens with one attached hydrogen (secondary N) is 3. The Morgan fingerprint density at radius 1 is 1.40 bits per heavy atom. The summed E-state index contributed by atoms with van der Waals surface area (Å²) in [5, 5.41) is 8.58. The van der Waals surface area contributed by atoms with Crippen LogP contribution in [0.5, 0.6) is 0 Å². The van der Waals surface area contributed by atoms with Crippen molar-refractivity contribution in [2.24, 2.45) is 5.92 Å². The number of nitrogens with zero attached hydrogens (tertiary/aromatic N) is 1. The fourth-order valence-corrected chi connectivity index (χ4v) is 2.11. The van der Waals surface area contributed by atoms with Crippen molar-refractivity contribution in [3.63, 3.8) is 0 Å². The van der Waals surface area contributed by atoms with Crippen LogP contribution in [-0.2, 0) is 4.79 Å². The van der Waals surface area contributed by atoms with Gasteiger partial charge in [-0.3, -0.25) is 9.69 Å². The summed E-state index contributed by atoms with van der Waals surface area (Å²) in [5.74, 6) is -0.116. The number of amides is 3. The van der Waals surface area contributed by atoms with Crippen LogP contribution in [0.25, 0.3) is 0 Å². The number of carbonyl (C=O) groups excluding carboxylic acids is 2. The first kappa shape index (κ1) is 14.3. The molecule has 0 saturated carbocycles. The Balaban J connectivity index is 1.98. The van der Waals surface area contributed by atoms with E-state index in [-0.39, 0.29) is 17.9 Å². The van der Waals surface area contributed by atoms with E-state index >= 15 is 0 Å². The molecule has 1 heterocycles. The van der Waals surface area contributed by atoms with E-state index in [4.69, 9.17) is 0 Å². The molecule has 0 bridgehead atoms. The third-order valence-corrected chi connectivity index (χ3v) is 3.26. The van der Waals surface area contributed by atoms with Gasteiger partial charge < -0.3 is 16.0 Å². The fraction of sp³-hybridized carbons (Fsp3) is 0.429. The molecule has 1 unspecified atom stereocenters. The minimum Gasteiger partial charge on any atom is -0.336 e. The Morgan fingerprint density at radius 3 is 2.65 bits per heavy atom. The Morgan fingerprint density at radius 2 is 2.10 bits per heavy atom. The first-order valence-corrected chi connectivity index (χ1v) is 6.72. The molecule has 1 aliphatic heterocycles. The quantitative estimate of drug-likeness (QED) is 0.751. The van der Waals surface area contributed by atoms with E-state index in [1.165, 1.54) is 0 Å². The Kier molecular flexibility index (Phi) is 4.57. The summed E-state index contributed by atoms with van der Waals surface area (Å²) in [4.78, 5) is 25.1. The van der Waals surface area contributed by atoms with Crippen LogP contribution in [0.2, 0.25) is 0 Å². The second-order valence-corrected chi connectivity index (χ2v) is 4.88. The molecule has 108 valence electrons. The maximum Gasteiger partial charge on any atom is 0.321 e. The molecular weight excluding hydrogens is 256 g/mol. The summed E-state index contributed by atoms with van der Waals surface area (Å²) in [7, 11) is 1.82. The highest BCUT2D eigenvalue weighted by Crippen LogP contribution is 2.19. The summed E-state index contributed by atoms with van der Waals surface area (Å²) in [5.41, 5.74) is 1.57. The van der Waals surface area contributed by atoms with Gasteiger partial charge in [0.2, 0.25) is 5.91 Å². The number of anilines is 2. The highest BCUT2D eigenvalue weighted by Gasteiger charge is 2.20. The van der Waals surface area contributed by atoms with Crippen LogP contribution in [0.4, 0.5) is 16.2 Å². The fourth-order valence-electron chi connectivity index (χ4n) is 2.11. The Labute approximate surface area is 118 Å². The van der Waals surface area contributed by atoms with E-state index in [0.717, 1.165) is 11.4 Å². The normalized spacial score (nSPS) is 15.9. The predicted molar refractivity (Wildman–Crippen MR) is 78.9 cm³/mol. The van der Waals surface area contributed by atoms with Gasteiger partial charge in [0.15, 0.2) is 0 Å². The summed E-state index contributed by atoms with van der Waals surface area (Å²) < 4.78 is 0. The van der Waals surface area contributed by atoms with Gasteiger partial charge in [0, 0.05) is 36.9 Å². The minimum atomic E-state index is -0.0935. The van der Waals surface area contributed by atoms with Gasteiger partial charge in [-0.15, -0.1) is 0 Å². The first-order valence-electron chi connectivity index (χ1n) is 6.72. The molecule has 1 fully saturated rings. The van der Waals surface area contributed by atoms with Gasteiger partial charge in [0.1, 0.15) is 0 Å². The molecule has 3 amide bonds. The second-order valence-electron chi connectivity index (χ2n) is 4.88. The van der Waals surface area contributed by atoms with Crippen molar-refractivity contribution in [3.05, 3.63) is 24.3 Å². The van der Waals surface area contributed by atoms with Crippen LogP contribution in [-0.4, -0.2) is 38.6 Å². The van der Waals surface area contributed by atoms with Gasteiger partial charge >= 0.3 is 6.03 Å². The molecule has 1 atom stereocenters. The van der Waals surface area contributed by atoms with Crippen molar-refractivity contribution >= 4 is 23.3 Å². The summed E-state index contributed by atoms with van der Waals surface area (Å²) in [6.45, 7) is 3.84. The maximum atomic E-state index is 11.9. The topological polar surface area (TPSA) is 73.5 Å². The standard InChI is InChI=1S/C14H20N4O2/c1-10(9-15-2)13(19)17-11-3-5-12(6-4-11)18-8-7-16-14(18)20/h3-6,10,15H,7-9H2,1-2H3,(H,16,20)(H,17,19). The van der Waals surface area contributed by atoms with E-state index in [1.54, 1.807) is 4.90 Å². The van der Waals surface area contributed by atoms with Gasteiger partial charge in [0.25, 0.3) is 0 Å². The molecule has 1 aliphatic rings. The predicted octanol–water partition coefficient (Wildman–Crippen LogP) is 1.01. The lowest BCUT2D eigenvalue weighted by molar-refractivity contribution is -0.119. The number of carbonyl (C=O) groups is 2. The van der Waals surface area contributed by atoms with Crippen molar-refractivity contribution in [1.29, 1.82) is 0 Å². The molecule has 6 nitrogen and oxygen atoms in total. The van der Waals surface area contributed by atoms with E-state index in [2.05, 4.69) is 16.0 Å². The van der Waals surface area contributed by atoms with Crippen molar-refractivity contribution in [1.82, 2.24) is 10.6 Å². The van der Waals surface area contributed by atoms with Crippen LogP contribution in [0.3, 0.4) is 0 Å². The lowest BCUT2D eigenvalue weighted by Gasteiger charge is -2.15. The molecule has 1 aromatic carbocycles. The van der Waals surface area contributed by atoms with Crippen LogP contribution < -0.4 is 20.9 Å². The number of urea groups is 1. The largest absolute Gasteiger partial charge is 0.336 e. The summed E-state index contributed by atoms with van der Waals surface area (Å²) >= 11 is 0. The molecule has 2 rings (SSSR count). The van der Waals surface area contributed by atoms with Gasteiger partial charge in [-0.25, -0.2) is 4.79 Å². The number of hydrogen-bond acceptors (Lipinski definition) is 3. The van der Waals surface area contributed by atoms with Gasteiger partial charge in [-0.1, -0.05) is 6.92 Å². The molecule has 0 aromatic heterocycles.